The van der Waals surface area contributed by atoms with Crippen LogP contribution in [0.25, 0.3) is 0 Å². The maximum absolute atomic E-state index is 11.9. The number of carbonyl (C=O) groups is 2. The molecule has 1 aromatic heterocycles. The number of amides is 2. The minimum absolute atomic E-state index is 0.0821. The molecule has 9 nitrogen and oxygen atoms in total. The van der Waals surface area contributed by atoms with Crippen LogP contribution in [0.2, 0.25) is 0 Å². The van der Waals surface area contributed by atoms with Crippen molar-refractivity contribution in [2.24, 2.45) is 7.05 Å². The van der Waals surface area contributed by atoms with Crippen molar-refractivity contribution in [3.05, 3.63) is 29.8 Å². The first-order valence-corrected chi connectivity index (χ1v) is 8.63. The Balaban J connectivity index is 1.59. The molecule has 2 N–H and O–H groups in total. The Labute approximate surface area is 149 Å². The van der Waals surface area contributed by atoms with E-state index in [9.17, 15) is 9.59 Å². The van der Waals surface area contributed by atoms with Crippen LogP contribution in [-0.2, 0) is 11.8 Å². The Hall–Kier alpha value is -2.62. The standard InChI is InChI=1S/C15H20N6O3S/c1-21-15(18-19-20-21)25-10-7-13(22)16-8-9-17-14(23)11-3-5-12(24-2)6-4-11/h3-6H,7-10H2,1-2H3,(H,16,22)(H,17,23). The number of ether oxygens (including phenoxy) is 1. The molecule has 0 aliphatic carbocycles. The molecule has 0 spiro atoms. The molecular weight excluding hydrogens is 344 g/mol. The third-order valence-electron chi connectivity index (χ3n) is 3.23. The normalized spacial score (nSPS) is 10.3. The van der Waals surface area contributed by atoms with E-state index in [1.54, 1.807) is 43.1 Å². The highest BCUT2D eigenvalue weighted by molar-refractivity contribution is 7.99. The maximum Gasteiger partial charge on any atom is 0.251 e. The Morgan fingerprint density at radius 3 is 2.56 bits per heavy atom. The van der Waals surface area contributed by atoms with Crippen LogP contribution < -0.4 is 15.4 Å². The summed E-state index contributed by atoms with van der Waals surface area (Å²) in [5.74, 6) is 1.00. The van der Waals surface area contributed by atoms with Gasteiger partial charge in [0.25, 0.3) is 5.91 Å². The Kier molecular flexibility index (Phi) is 7.20. The summed E-state index contributed by atoms with van der Waals surface area (Å²) in [6.45, 7) is 0.730. The van der Waals surface area contributed by atoms with Crippen molar-refractivity contribution >= 4 is 23.6 Å². The van der Waals surface area contributed by atoms with E-state index in [0.29, 0.717) is 41.7 Å². The third-order valence-corrected chi connectivity index (χ3v) is 4.24. The van der Waals surface area contributed by atoms with Gasteiger partial charge in [0, 0.05) is 37.9 Å². The zero-order valence-corrected chi connectivity index (χ0v) is 14.9. The number of tetrazole rings is 1. The number of benzene rings is 1. The molecule has 0 fully saturated rings. The van der Waals surface area contributed by atoms with Gasteiger partial charge in [-0.25, -0.2) is 4.68 Å². The van der Waals surface area contributed by atoms with Crippen molar-refractivity contribution in [1.82, 2.24) is 30.8 Å². The number of hydrogen-bond acceptors (Lipinski definition) is 7. The quantitative estimate of drug-likeness (QED) is 0.484. The summed E-state index contributed by atoms with van der Waals surface area (Å²) in [5.41, 5.74) is 0.542. The van der Waals surface area contributed by atoms with Gasteiger partial charge in [0.15, 0.2) is 0 Å². The Bertz CT molecular complexity index is 704. The fraction of sp³-hybridized carbons (Fsp3) is 0.400. The number of aryl methyl sites for hydroxylation is 1. The van der Waals surface area contributed by atoms with Gasteiger partial charge in [-0.3, -0.25) is 9.59 Å². The van der Waals surface area contributed by atoms with Gasteiger partial charge >= 0.3 is 0 Å². The molecule has 134 valence electrons. The predicted octanol–water partition coefficient (Wildman–Crippen LogP) is 0.247. The van der Waals surface area contributed by atoms with E-state index in [1.807, 2.05) is 0 Å². The highest BCUT2D eigenvalue weighted by atomic mass is 32.2. The first-order valence-electron chi connectivity index (χ1n) is 7.64. The topological polar surface area (TPSA) is 111 Å². The Morgan fingerprint density at radius 2 is 1.92 bits per heavy atom. The van der Waals surface area contributed by atoms with E-state index in [2.05, 4.69) is 26.2 Å². The van der Waals surface area contributed by atoms with Crippen LogP contribution in [0.1, 0.15) is 16.8 Å². The summed E-state index contributed by atoms with van der Waals surface area (Å²) in [6.07, 6.45) is 0.351. The number of nitrogens with zero attached hydrogens (tertiary/aromatic N) is 4. The van der Waals surface area contributed by atoms with E-state index in [4.69, 9.17) is 4.74 Å². The van der Waals surface area contributed by atoms with Crippen molar-refractivity contribution in [1.29, 1.82) is 0 Å². The van der Waals surface area contributed by atoms with E-state index in [0.717, 1.165) is 0 Å². The SMILES string of the molecule is COc1ccc(C(=O)NCCNC(=O)CCSc2nnnn2C)cc1. The fourth-order valence-electron chi connectivity index (χ4n) is 1.89. The lowest BCUT2D eigenvalue weighted by atomic mass is 10.2. The van der Waals surface area contributed by atoms with Gasteiger partial charge in [0.2, 0.25) is 11.1 Å². The second-order valence-corrected chi connectivity index (χ2v) is 6.08. The van der Waals surface area contributed by atoms with Gasteiger partial charge in [-0.05, 0) is 34.7 Å². The zero-order chi connectivity index (χ0) is 18.1. The molecular formula is C15H20N6O3S. The van der Waals surface area contributed by atoms with Crippen molar-refractivity contribution < 1.29 is 14.3 Å². The van der Waals surface area contributed by atoms with Crippen LogP contribution in [-0.4, -0.2) is 58.0 Å². The molecule has 25 heavy (non-hydrogen) atoms. The molecule has 1 aromatic carbocycles. The van der Waals surface area contributed by atoms with Crippen LogP contribution >= 0.6 is 11.8 Å². The molecule has 0 bridgehead atoms. The highest BCUT2D eigenvalue weighted by Crippen LogP contribution is 2.13. The van der Waals surface area contributed by atoms with Gasteiger partial charge in [0.05, 0.1) is 7.11 Å². The summed E-state index contributed by atoms with van der Waals surface area (Å²) in [4.78, 5) is 23.7. The summed E-state index contributed by atoms with van der Waals surface area (Å²) < 4.78 is 6.60. The van der Waals surface area contributed by atoms with E-state index in [1.165, 1.54) is 11.8 Å². The monoisotopic (exact) mass is 364 g/mol. The summed E-state index contributed by atoms with van der Waals surface area (Å²) in [6, 6.07) is 6.82. The van der Waals surface area contributed by atoms with Gasteiger partial charge in [-0.15, -0.1) is 5.10 Å². The van der Waals surface area contributed by atoms with Crippen molar-refractivity contribution in [3.8, 4) is 5.75 Å². The number of rotatable bonds is 9. The fourth-order valence-corrected chi connectivity index (χ4v) is 2.68. The Morgan fingerprint density at radius 1 is 1.20 bits per heavy atom. The second-order valence-electron chi connectivity index (χ2n) is 5.02. The summed E-state index contributed by atoms with van der Waals surface area (Å²) in [7, 11) is 3.31. The molecule has 0 atom stereocenters. The summed E-state index contributed by atoms with van der Waals surface area (Å²) in [5, 5.41) is 17.2. The van der Waals surface area contributed by atoms with Crippen molar-refractivity contribution in [2.45, 2.75) is 11.6 Å². The van der Waals surface area contributed by atoms with Crippen molar-refractivity contribution in [3.63, 3.8) is 0 Å². The lowest BCUT2D eigenvalue weighted by Gasteiger charge is -2.07. The summed E-state index contributed by atoms with van der Waals surface area (Å²) >= 11 is 1.41. The second kappa shape index (κ2) is 9.62. The van der Waals surface area contributed by atoms with E-state index < -0.39 is 0 Å². The van der Waals surface area contributed by atoms with Crippen molar-refractivity contribution in [2.75, 3.05) is 26.0 Å². The molecule has 0 unspecified atom stereocenters. The highest BCUT2D eigenvalue weighted by Gasteiger charge is 2.07. The molecule has 0 aliphatic rings. The van der Waals surface area contributed by atoms with Gasteiger partial charge < -0.3 is 15.4 Å². The lowest BCUT2D eigenvalue weighted by Crippen LogP contribution is -2.34. The average Bonchev–Trinajstić information content (AvgIpc) is 3.03. The number of aromatic nitrogens is 4. The molecule has 2 amide bonds. The van der Waals surface area contributed by atoms with Crippen LogP contribution in [0.5, 0.6) is 5.75 Å². The minimum atomic E-state index is -0.192. The average molecular weight is 364 g/mol. The smallest absolute Gasteiger partial charge is 0.251 e. The molecule has 2 aromatic rings. The van der Waals surface area contributed by atoms with E-state index in [-0.39, 0.29) is 11.8 Å². The first kappa shape index (κ1) is 18.7. The third kappa shape index (κ3) is 6.07. The number of carbonyl (C=O) groups excluding carboxylic acids is 2. The minimum Gasteiger partial charge on any atom is -0.497 e. The molecule has 2 rings (SSSR count). The lowest BCUT2D eigenvalue weighted by molar-refractivity contribution is -0.120. The number of hydrogen-bond donors (Lipinski definition) is 2. The van der Waals surface area contributed by atoms with Crippen LogP contribution in [0.3, 0.4) is 0 Å². The van der Waals surface area contributed by atoms with E-state index >= 15 is 0 Å². The van der Waals surface area contributed by atoms with Gasteiger partial charge in [0.1, 0.15) is 5.75 Å². The predicted molar refractivity (Wildman–Crippen MR) is 92.5 cm³/mol. The molecule has 0 saturated heterocycles. The number of thioether (sulfide) groups is 1. The molecule has 1 heterocycles. The molecule has 0 radical (unpaired) electrons. The van der Waals surface area contributed by atoms with Gasteiger partial charge in [-0.1, -0.05) is 11.8 Å². The van der Waals surface area contributed by atoms with Crippen LogP contribution in [0, 0.1) is 0 Å². The molecule has 0 aliphatic heterocycles. The van der Waals surface area contributed by atoms with Crippen LogP contribution in [0.15, 0.2) is 29.4 Å². The maximum atomic E-state index is 11.9. The number of nitrogens with one attached hydrogen (secondary N) is 2. The number of methoxy groups -OCH3 is 1. The largest absolute Gasteiger partial charge is 0.497 e. The van der Waals surface area contributed by atoms with Gasteiger partial charge in [-0.2, -0.15) is 0 Å². The first-order chi connectivity index (χ1) is 12.1. The zero-order valence-electron chi connectivity index (χ0n) is 14.1. The molecule has 0 saturated carbocycles. The van der Waals surface area contributed by atoms with Crippen LogP contribution in [0.4, 0.5) is 0 Å². The molecule has 10 heteroatoms.